The van der Waals surface area contributed by atoms with Crippen molar-refractivity contribution in [2.24, 2.45) is 0 Å². The number of amides is 1. The Hall–Kier alpha value is -3.32. The van der Waals surface area contributed by atoms with Gasteiger partial charge in [-0.05, 0) is 59.7 Å². The summed E-state index contributed by atoms with van der Waals surface area (Å²) < 4.78 is 0. The number of H-pyrrole nitrogens is 2. The van der Waals surface area contributed by atoms with Crippen molar-refractivity contribution in [1.82, 2.24) is 20.3 Å². The van der Waals surface area contributed by atoms with Crippen molar-refractivity contribution >= 4 is 34.5 Å². The van der Waals surface area contributed by atoms with Crippen molar-refractivity contribution in [3.05, 3.63) is 100.0 Å². The number of hydrogen-bond acceptors (Lipinski definition) is 3. The lowest BCUT2D eigenvalue weighted by Gasteiger charge is -2.29. The fourth-order valence-corrected chi connectivity index (χ4v) is 5.16. The standard InChI is InChI=1S/C27H27ClN4O2/c28-21-14-22(29-16-21)17-32(12-11-20-15-30-25-4-2-1-3-23(20)25)26-9-7-19-13-18(5-8-24(19)26)6-10-27(33)31-34/h1-6,8,10,13-16,26,29-30,34H,7,9,11-12,17H2,(H,31,33). The van der Waals surface area contributed by atoms with Crippen molar-refractivity contribution in [3.8, 4) is 0 Å². The van der Waals surface area contributed by atoms with Crippen molar-refractivity contribution in [1.29, 1.82) is 0 Å². The topological polar surface area (TPSA) is 84.2 Å². The number of fused-ring (bicyclic) bond motifs is 2. The van der Waals surface area contributed by atoms with Gasteiger partial charge in [-0.15, -0.1) is 0 Å². The maximum atomic E-state index is 11.3. The molecule has 0 fully saturated rings. The second-order valence-corrected chi connectivity index (χ2v) is 9.18. The Balaban J connectivity index is 1.38. The van der Waals surface area contributed by atoms with E-state index >= 15 is 0 Å². The minimum atomic E-state index is -0.536. The smallest absolute Gasteiger partial charge is 0.267 e. The van der Waals surface area contributed by atoms with E-state index in [0.29, 0.717) is 6.04 Å². The molecule has 0 saturated carbocycles. The van der Waals surface area contributed by atoms with Crippen LogP contribution in [0.15, 0.2) is 67.0 Å². The van der Waals surface area contributed by atoms with Gasteiger partial charge >= 0.3 is 0 Å². The third kappa shape index (κ3) is 4.80. The lowest BCUT2D eigenvalue weighted by atomic mass is 10.0. The number of halogens is 1. The molecule has 0 saturated heterocycles. The number of nitrogens with one attached hydrogen (secondary N) is 3. The third-order valence-corrected chi connectivity index (χ3v) is 6.83. The van der Waals surface area contributed by atoms with Crippen molar-refractivity contribution in [2.75, 3.05) is 6.54 Å². The van der Waals surface area contributed by atoms with Gasteiger partial charge < -0.3 is 9.97 Å². The second kappa shape index (κ2) is 9.89. The average molecular weight is 475 g/mol. The summed E-state index contributed by atoms with van der Waals surface area (Å²) >= 11 is 6.18. The summed E-state index contributed by atoms with van der Waals surface area (Å²) in [6.45, 7) is 1.71. The number of hydroxylamine groups is 1. The summed E-state index contributed by atoms with van der Waals surface area (Å²) in [5.41, 5.74) is 8.81. The first-order chi connectivity index (χ1) is 16.6. The van der Waals surface area contributed by atoms with Crippen LogP contribution >= 0.6 is 11.6 Å². The van der Waals surface area contributed by atoms with E-state index in [2.05, 4.69) is 57.5 Å². The van der Waals surface area contributed by atoms with Crippen LogP contribution in [0.4, 0.5) is 0 Å². The van der Waals surface area contributed by atoms with Gasteiger partial charge in [0.2, 0.25) is 0 Å². The van der Waals surface area contributed by atoms with Crippen molar-refractivity contribution in [2.45, 2.75) is 31.8 Å². The first-order valence-corrected chi connectivity index (χ1v) is 11.9. The molecule has 2 aromatic heterocycles. The van der Waals surface area contributed by atoms with E-state index < -0.39 is 5.91 Å². The molecule has 6 nitrogen and oxygen atoms in total. The minimum absolute atomic E-state index is 0.307. The molecule has 34 heavy (non-hydrogen) atoms. The monoisotopic (exact) mass is 474 g/mol. The van der Waals surface area contributed by atoms with Crippen molar-refractivity contribution in [3.63, 3.8) is 0 Å². The summed E-state index contributed by atoms with van der Waals surface area (Å²) in [6.07, 6.45) is 9.98. The number of benzene rings is 2. The number of aromatic amines is 2. The number of hydrogen-bond donors (Lipinski definition) is 4. The van der Waals surface area contributed by atoms with E-state index in [9.17, 15) is 4.79 Å². The quantitative estimate of drug-likeness (QED) is 0.157. The van der Waals surface area contributed by atoms with Gasteiger partial charge in [0.15, 0.2) is 0 Å². The molecule has 4 aromatic rings. The van der Waals surface area contributed by atoms with Gasteiger partial charge in [-0.3, -0.25) is 14.9 Å². The minimum Gasteiger partial charge on any atom is -0.363 e. The van der Waals surface area contributed by atoms with Gasteiger partial charge in [0, 0.05) is 54.2 Å². The molecule has 0 bridgehead atoms. The Kier molecular flexibility index (Phi) is 6.54. The summed E-state index contributed by atoms with van der Waals surface area (Å²) in [4.78, 5) is 20.5. The molecule has 1 amide bonds. The fourth-order valence-electron chi connectivity index (χ4n) is 4.98. The Bertz CT molecular complexity index is 1340. The molecule has 2 heterocycles. The largest absolute Gasteiger partial charge is 0.363 e. The molecular weight excluding hydrogens is 448 g/mol. The van der Waals surface area contributed by atoms with Crippen LogP contribution in [0.1, 0.15) is 40.4 Å². The Morgan fingerprint density at radius 1 is 1.18 bits per heavy atom. The molecular formula is C27H27ClN4O2. The first-order valence-electron chi connectivity index (χ1n) is 11.5. The molecule has 4 N–H and O–H groups in total. The van der Waals surface area contributed by atoms with Crippen LogP contribution in [0, 0.1) is 0 Å². The van der Waals surface area contributed by atoms with Crippen LogP contribution in [0.3, 0.4) is 0 Å². The van der Waals surface area contributed by atoms with Gasteiger partial charge in [0.1, 0.15) is 0 Å². The number of aryl methyl sites for hydroxylation is 1. The summed E-state index contributed by atoms with van der Waals surface area (Å²) in [7, 11) is 0. The summed E-state index contributed by atoms with van der Waals surface area (Å²) in [6, 6.07) is 17.1. The number of para-hydroxylation sites is 1. The Morgan fingerprint density at radius 2 is 2.06 bits per heavy atom. The molecule has 0 radical (unpaired) electrons. The van der Waals surface area contributed by atoms with Crippen LogP contribution in [0.5, 0.6) is 0 Å². The van der Waals surface area contributed by atoms with E-state index in [1.165, 1.54) is 33.7 Å². The zero-order chi connectivity index (χ0) is 23.5. The van der Waals surface area contributed by atoms with E-state index in [4.69, 9.17) is 16.8 Å². The molecule has 1 aliphatic rings. The molecule has 7 heteroatoms. The second-order valence-electron chi connectivity index (χ2n) is 8.75. The maximum Gasteiger partial charge on any atom is 0.267 e. The van der Waals surface area contributed by atoms with Crippen molar-refractivity contribution < 1.29 is 10.0 Å². The Morgan fingerprint density at radius 3 is 2.88 bits per heavy atom. The van der Waals surface area contributed by atoms with E-state index in [1.54, 1.807) is 11.6 Å². The van der Waals surface area contributed by atoms with Crippen LogP contribution in [-0.4, -0.2) is 32.5 Å². The summed E-state index contributed by atoms with van der Waals surface area (Å²) in [5.74, 6) is -0.536. The van der Waals surface area contributed by atoms with Gasteiger partial charge in [-0.1, -0.05) is 48.0 Å². The number of aromatic nitrogens is 2. The SMILES string of the molecule is O=C(C=Cc1ccc2c(c1)CCC2N(CCc1c[nH]c2ccccc12)Cc1cc(Cl)c[nH]1)NO. The van der Waals surface area contributed by atoms with E-state index in [0.717, 1.165) is 48.6 Å². The van der Waals surface area contributed by atoms with Gasteiger partial charge in [0.05, 0.1) is 5.02 Å². The molecule has 0 aliphatic heterocycles. The third-order valence-electron chi connectivity index (χ3n) is 6.62. The zero-order valence-electron chi connectivity index (χ0n) is 18.7. The number of nitrogens with zero attached hydrogens (tertiary/aromatic N) is 1. The lowest BCUT2D eigenvalue weighted by molar-refractivity contribution is -0.124. The van der Waals surface area contributed by atoms with Gasteiger partial charge in [-0.2, -0.15) is 0 Å². The maximum absolute atomic E-state index is 11.3. The lowest BCUT2D eigenvalue weighted by Crippen LogP contribution is -2.29. The highest BCUT2D eigenvalue weighted by molar-refractivity contribution is 6.30. The molecule has 1 unspecified atom stereocenters. The average Bonchev–Trinajstić information content (AvgIpc) is 3.58. The van der Waals surface area contributed by atoms with Gasteiger partial charge in [0.25, 0.3) is 5.91 Å². The zero-order valence-corrected chi connectivity index (χ0v) is 19.5. The highest BCUT2D eigenvalue weighted by Gasteiger charge is 2.28. The van der Waals surface area contributed by atoms with Crippen LogP contribution < -0.4 is 5.48 Å². The first kappa shape index (κ1) is 22.5. The van der Waals surface area contributed by atoms with Crippen LogP contribution in [-0.2, 0) is 24.2 Å². The molecule has 0 spiro atoms. The van der Waals surface area contributed by atoms with E-state index in [1.807, 2.05) is 18.3 Å². The number of carbonyl (C=O) groups is 1. The molecule has 2 aromatic carbocycles. The molecule has 1 atom stereocenters. The highest BCUT2D eigenvalue weighted by Crippen LogP contribution is 2.37. The molecule has 174 valence electrons. The molecule has 1 aliphatic carbocycles. The van der Waals surface area contributed by atoms with Crippen LogP contribution in [0.25, 0.3) is 17.0 Å². The predicted molar refractivity (Wildman–Crippen MR) is 135 cm³/mol. The Labute approximate surface area is 203 Å². The predicted octanol–water partition coefficient (Wildman–Crippen LogP) is 5.40. The molecule has 5 rings (SSSR count). The summed E-state index contributed by atoms with van der Waals surface area (Å²) in [5, 5.41) is 10.7. The van der Waals surface area contributed by atoms with Gasteiger partial charge in [-0.25, -0.2) is 5.48 Å². The van der Waals surface area contributed by atoms with Crippen LogP contribution in [0.2, 0.25) is 5.02 Å². The number of carbonyl (C=O) groups excluding carboxylic acids is 1. The fraction of sp³-hybridized carbons (Fsp3) is 0.222. The normalized spacial score (nSPS) is 15.4. The highest BCUT2D eigenvalue weighted by atomic mass is 35.5. The number of rotatable bonds is 8. The van der Waals surface area contributed by atoms with E-state index in [-0.39, 0.29) is 0 Å².